The summed E-state index contributed by atoms with van der Waals surface area (Å²) in [4.78, 5) is 36.2. The van der Waals surface area contributed by atoms with Gasteiger partial charge in [-0.1, -0.05) is 11.6 Å². The fraction of sp³-hybridized carbons (Fsp3) is 0.409. The molecule has 4 rings (SSSR count). The Morgan fingerprint density at radius 3 is 2.69 bits per heavy atom. The second-order valence-electron chi connectivity index (χ2n) is 8.03. The largest absolute Gasteiger partial charge is 0.464 e. The number of aryl methyl sites for hydroxylation is 1. The molecule has 0 radical (unpaired) electrons. The van der Waals surface area contributed by atoms with Crippen LogP contribution in [0.3, 0.4) is 0 Å². The van der Waals surface area contributed by atoms with E-state index in [1.54, 1.807) is 17.2 Å². The molecule has 7 heteroatoms. The summed E-state index contributed by atoms with van der Waals surface area (Å²) in [7, 11) is 3.72. The van der Waals surface area contributed by atoms with E-state index in [1.165, 1.54) is 0 Å². The van der Waals surface area contributed by atoms with Crippen molar-refractivity contribution in [1.82, 2.24) is 14.9 Å². The molecule has 0 atom stereocenters. The zero-order chi connectivity index (χ0) is 20.5. The van der Waals surface area contributed by atoms with E-state index in [1.807, 2.05) is 39.2 Å². The molecule has 7 nitrogen and oxygen atoms in total. The highest BCUT2D eigenvalue weighted by Crippen LogP contribution is 2.27. The topological polar surface area (TPSA) is 82.4 Å². The van der Waals surface area contributed by atoms with Crippen LogP contribution in [-0.4, -0.2) is 42.1 Å². The van der Waals surface area contributed by atoms with E-state index in [-0.39, 0.29) is 16.9 Å². The van der Waals surface area contributed by atoms with Crippen molar-refractivity contribution in [2.45, 2.75) is 32.2 Å². The van der Waals surface area contributed by atoms with Crippen LogP contribution in [0.4, 0.5) is 5.95 Å². The van der Waals surface area contributed by atoms with E-state index in [0.29, 0.717) is 29.0 Å². The number of benzene rings is 1. The summed E-state index contributed by atoms with van der Waals surface area (Å²) < 4.78 is 5.68. The molecule has 0 spiro atoms. The Morgan fingerprint density at radius 2 is 1.97 bits per heavy atom. The minimum atomic E-state index is -0.120. The lowest BCUT2D eigenvalue weighted by molar-refractivity contribution is 0.201. The first-order valence-electron chi connectivity index (χ1n) is 9.92. The Balaban J connectivity index is 1.47. The summed E-state index contributed by atoms with van der Waals surface area (Å²) >= 11 is 0. The number of anilines is 1. The van der Waals surface area contributed by atoms with Crippen LogP contribution in [-0.2, 0) is 6.54 Å². The van der Waals surface area contributed by atoms with Crippen molar-refractivity contribution >= 4 is 16.9 Å². The molecule has 0 bridgehead atoms. The van der Waals surface area contributed by atoms with Gasteiger partial charge in [0.15, 0.2) is 5.43 Å². The molecule has 1 aliphatic rings. The first kappa shape index (κ1) is 19.4. The van der Waals surface area contributed by atoms with Crippen LogP contribution in [0.1, 0.15) is 35.6 Å². The van der Waals surface area contributed by atoms with Crippen LogP contribution in [0.5, 0.6) is 0 Å². The predicted octanol–water partition coefficient (Wildman–Crippen LogP) is 2.63. The number of nitrogens with zero attached hydrogens (tertiary/aromatic N) is 3. The van der Waals surface area contributed by atoms with Crippen molar-refractivity contribution < 1.29 is 4.42 Å². The van der Waals surface area contributed by atoms with Crippen molar-refractivity contribution in [3.63, 3.8) is 0 Å². The minimum Gasteiger partial charge on any atom is -0.464 e. The molecule has 0 amide bonds. The number of likely N-dealkylation sites (tertiary alicyclic amines) is 1. The Kier molecular flexibility index (Phi) is 5.24. The van der Waals surface area contributed by atoms with Gasteiger partial charge in [0.25, 0.3) is 5.56 Å². The van der Waals surface area contributed by atoms with Gasteiger partial charge in [-0.25, -0.2) is 4.98 Å². The molecule has 1 saturated heterocycles. The predicted molar refractivity (Wildman–Crippen MR) is 114 cm³/mol. The molecule has 1 fully saturated rings. The van der Waals surface area contributed by atoms with E-state index in [4.69, 9.17) is 4.42 Å². The molecule has 3 heterocycles. The molecule has 29 heavy (non-hydrogen) atoms. The summed E-state index contributed by atoms with van der Waals surface area (Å²) in [6.07, 6.45) is 3.40. The highest BCUT2D eigenvalue weighted by molar-refractivity contribution is 5.77. The maximum Gasteiger partial charge on any atom is 0.252 e. The molecule has 1 N–H and O–H groups in total. The van der Waals surface area contributed by atoms with Crippen LogP contribution in [0.25, 0.3) is 11.0 Å². The van der Waals surface area contributed by atoms with Gasteiger partial charge < -0.3 is 9.32 Å². The molecule has 0 unspecified atom stereocenters. The van der Waals surface area contributed by atoms with Gasteiger partial charge in [0, 0.05) is 38.2 Å². The number of H-pyrrole nitrogens is 1. The third-order valence-electron chi connectivity index (χ3n) is 5.57. The lowest BCUT2D eigenvalue weighted by Gasteiger charge is -2.31. The highest BCUT2D eigenvalue weighted by Gasteiger charge is 2.23. The maximum atomic E-state index is 12.8. The number of aromatic nitrogens is 2. The Labute approximate surface area is 169 Å². The van der Waals surface area contributed by atoms with E-state index < -0.39 is 0 Å². The summed E-state index contributed by atoms with van der Waals surface area (Å²) in [6.45, 7) is 4.24. The van der Waals surface area contributed by atoms with Crippen LogP contribution in [0, 0.1) is 6.92 Å². The van der Waals surface area contributed by atoms with E-state index in [0.717, 1.165) is 37.2 Å². The smallest absolute Gasteiger partial charge is 0.252 e. The van der Waals surface area contributed by atoms with Gasteiger partial charge in [0.1, 0.15) is 5.58 Å². The number of fused-ring (bicyclic) bond motifs is 1. The number of nitrogens with one attached hydrogen (secondary N) is 1. The normalized spacial score (nSPS) is 15.7. The van der Waals surface area contributed by atoms with Crippen molar-refractivity contribution in [2.75, 3.05) is 32.1 Å². The lowest BCUT2D eigenvalue weighted by Crippen LogP contribution is -2.34. The van der Waals surface area contributed by atoms with Gasteiger partial charge in [-0.2, -0.15) is 0 Å². The van der Waals surface area contributed by atoms with Gasteiger partial charge in [-0.3, -0.25) is 19.5 Å². The number of hydrogen-bond acceptors (Lipinski definition) is 6. The molecule has 1 aliphatic heterocycles. The maximum absolute atomic E-state index is 12.8. The fourth-order valence-electron chi connectivity index (χ4n) is 3.91. The third-order valence-corrected chi connectivity index (χ3v) is 5.57. The molecule has 0 aliphatic carbocycles. The van der Waals surface area contributed by atoms with Crippen LogP contribution in [0.15, 0.2) is 44.5 Å². The number of hydrogen-bond donors (Lipinski definition) is 1. The Bertz CT molecular complexity index is 1140. The van der Waals surface area contributed by atoms with Gasteiger partial charge in [0.2, 0.25) is 5.95 Å². The van der Waals surface area contributed by atoms with E-state index in [9.17, 15) is 9.59 Å². The minimum absolute atomic E-state index is 0.0453. The molecule has 0 saturated carbocycles. The average molecular weight is 394 g/mol. The molecular weight excluding hydrogens is 368 g/mol. The zero-order valence-corrected chi connectivity index (χ0v) is 17.1. The number of aromatic amines is 1. The van der Waals surface area contributed by atoms with E-state index in [2.05, 4.69) is 14.9 Å². The van der Waals surface area contributed by atoms with Crippen molar-refractivity contribution in [1.29, 1.82) is 0 Å². The monoisotopic (exact) mass is 394 g/mol. The van der Waals surface area contributed by atoms with Crippen LogP contribution in [0.2, 0.25) is 0 Å². The van der Waals surface area contributed by atoms with Crippen molar-refractivity contribution in [3.05, 3.63) is 67.9 Å². The Morgan fingerprint density at radius 1 is 1.21 bits per heavy atom. The van der Waals surface area contributed by atoms with Crippen molar-refractivity contribution in [2.24, 2.45) is 0 Å². The van der Waals surface area contributed by atoms with Crippen LogP contribution < -0.4 is 15.9 Å². The van der Waals surface area contributed by atoms with Gasteiger partial charge in [0.05, 0.1) is 17.3 Å². The third kappa shape index (κ3) is 4.10. The molecular formula is C22H26N4O3. The second kappa shape index (κ2) is 7.83. The quantitative estimate of drug-likeness (QED) is 0.733. The SMILES string of the molecule is Cc1ccc2occ(CN3CCC(c4cc(=O)[nH]c(N(C)C)n4)CC3)c(=O)c2c1. The fourth-order valence-corrected chi connectivity index (χ4v) is 3.91. The number of piperidine rings is 1. The molecule has 3 aromatic rings. The van der Waals surface area contributed by atoms with E-state index >= 15 is 0 Å². The Hall–Kier alpha value is -2.93. The summed E-state index contributed by atoms with van der Waals surface area (Å²) in [5.74, 6) is 0.835. The van der Waals surface area contributed by atoms with Gasteiger partial charge >= 0.3 is 0 Å². The van der Waals surface area contributed by atoms with Crippen LogP contribution >= 0.6 is 0 Å². The summed E-state index contributed by atoms with van der Waals surface area (Å²) in [5, 5.41) is 0.640. The summed E-state index contributed by atoms with van der Waals surface area (Å²) in [5.41, 5.74) is 3.13. The first-order chi connectivity index (χ1) is 13.9. The average Bonchev–Trinajstić information content (AvgIpc) is 2.70. The van der Waals surface area contributed by atoms with Crippen molar-refractivity contribution in [3.8, 4) is 0 Å². The number of rotatable bonds is 4. The lowest BCUT2D eigenvalue weighted by atomic mass is 9.93. The second-order valence-corrected chi connectivity index (χ2v) is 8.03. The molecule has 1 aromatic carbocycles. The standard InChI is InChI=1S/C22H26N4O3/c1-14-4-5-19-17(10-14)21(28)16(13-29-19)12-26-8-6-15(7-9-26)18-11-20(27)24-22(23-18)25(2)3/h4-5,10-11,13,15H,6-9,12H2,1-3H3,(H,23,24,27). The molecule has 152 valence electrons. The highest BCUT2D eigenvalue weighted by atomic mass is 16.3. The van der Waals surface area contributed by atoms with Gasteiger partial charge in [-0.05, 0) is 45.0 Å². The zero-order valence-electron chi connectivity index (χ0n) is 17.1. The summed E-state index contributed by atoms with van der Waals surface area (Å²) in [6, 6.07) is 7.28. The van der Waals surface area contributed by atoms with Gasteiger partial charge in [-0.15, -0.1) is 0 Å². The first-order valence-corrected chi connectivity index (χ1v) is 9.92. The molecule has 2 aromatic heterocycles.